The number of amides is 1. The normalized spacial score (nSPS) is 17.7. The summed E-state index contributed by atoms with van der Waals surface area (Å²) in [7, 11) is -3.56. The maximum Gasteiger partial charge on any atom is 0.262 e. The molecule has 0 aromatic heterocycles. The number of Topliss-reactive ketones (excluding diaryl/α,β-unsaturated/α-hetero) is 1. The van der Waals surface area contributed by atoms with Crippen LogP contribution in [0.2, 0.25) is 0 Å². The summed E-state index contributed by atoms with van der Waals surface area (Å²) in [4.78, 5) is 24.7. The third kappa shape index (κ3) is 3.97. The van der Waals surface area contributed by atoms with Gasteiger partial charge in [0.25, 0.3) is 5.91 Å². The molecular formula is C22H24N2O5S. The van der Waals surface area contributed by atoms with Crippen molar-refractivity contribution in [3.05, 3.63) is 53.6 Å². The Hall–Kier alpha value is -2.71. The molecule has 2 heterocycles. The Balaban J connectivity index is 1.43. The van der Waals surface area contributed by atoms with Gasteiger partial charge in [-0.1, -0.05) is 19.1 Å². The number of anilines is 1. The largest absolute Gasteiger partial charge is 0.482 e. The van der Waals surface area contributed by atoms with Gasteiger partial charge in [-0.2, -0.15) is 4.31 Å². The van der Waals surface area contributed by atoms with E-state index in [9.17, 15) is 18.0 Å². The molecule has 1 amide bonds. The Morgan fingerprint density at radius 2 is 1.83 bits per heavy atom. The number of rotatable bonds is 5. The zero-order chi connectivity index (χ0) is 21.3. The Morgan fingerprint density at radius 3 is 2.50 bits per heavy atom. The molecule has 2 aliphatic heterocycles. The Bertz CT molecular complexity index is 1070. The summed E-state index contributed by atoms with van der Waals surface area (Å²) in [5.41, 5.74) is 2.08. The number of ketones is 1. The van der Waals surface area contributed by atoms with Crippen LogP contribution >= 0.6 is 0 Å². The van der Waals surface area contributed by atoms with Gasteiger partial charge >= 0.3 is 0 Å². The molecule has 1 saturated heterocycles. The first-order valence-corrected chi connectivity index (χ1v) is 11.5. The third-order valence-corrected chi connectivity index (χ3v) is 7.60. The second kappa shape index (κ2) is 8.20. The van der Waals surface area contributed by atoms with E-state index < -0.39 is 10.0 Å². The summed E-state index contributed by atoms with van der Waals surface area (Å²) in [6.45, 7) is 2.60. The van der Waals surface area contributed by atoms with Crippen LogP contribution in [0.5, 0.6) is 5.75 Å². The lowest BCUT2D eigenvalue weighted by Crippen LogP contribution is -2.40. The number of sulfonamides is 1. The molecule has 2 aliphatic rings. The van der Waals surface area contributed by atoms with Crippen LogP contribution in [0.15, 0.2) is 47.4 Å². The molecular weight excluding hydrogens is 404 g/mol. The minimum absolute atomic E-state index is 0.0333. The molecule has 158 valence electrons. The van der Waals surface area contributed by atoms with Crippen LogP contribution in [0, 0.1) is 5.92 Å². The molecule has 7 nitrogen and oxygen atoms in total. The second-order valence-corrected chi connectivity index (χ2v) is 9.53. The summed E-state index contributed by atoms with van der Waals surface area (Å²) >= 11 is 0. The molecule has 1 N–H and O–H groups in total. The number of fused-ring (bicyclic) bond motifs is 1. The predicted octanol–water partition coefficient (Wildman–Crippen LogP) is 2.86. The van der Waals surface area contributed by atoms with Crippen molar-refractivity contribution in [1.29, 1.82) is 0 Å². The zero-order valence-corrected chi connectivity index (χ0v) is 17.6. The maximum atomic E-state index is 12.9. The molecule has 0 saturated carbocycles. The number of ether oxygens (including phenoxy) is 1. The first-order valence-electron chi connectivity index (χ1n) is 10.1. The monoisotopic (exact) mass is 428 g/mol. The molecule has 0 atom stereocenters. The van der Waals surface area contributed by atoms with Crippen molar-refractivity contribution in [2.24, 2.45) is 5.92 Å². The van der Waals surface area contributed by atoms with Crippen molar-refractivity contribution in [2.45, 2.75) is 31.1 Å². The molecule has 2 aromatic rings. The van der Waals surface area contributed by atoms with E-state index in [2.05, 4.69) is 5.32 Å². The van der Waals surface area contributed by atoms with Gasteiger partial charge in [-0.05, 0) is 55.2 Å². The second-order valence-electron chi connectivity index (χ2n) is 7.59. The summed E-state index contributed by atoms with van der Waals surface area (Å²) in [5.74, 6) is -0.00196. The average molecular weight is 429 g/mol. The maximum absolute atomic E-state index is 12.9. The number of piperidine rings is 1. The lowest BCUT2D eigenvalue weighted by Gasteiger charge is -2.30. The summed E-state index contributed by atoms with van der Waals surface area (Å²) in [6, 6.07) is 12.0. The number of nitrogens with one attached hydrogen (secondary N) is 1. The number of carbonyl (C=O) groups excluding carboxylic acids is 2. The van der Waals surface area contributed by atoms with E-state index in [-0.39, 0.29) is 29.1 Å². The molecule has 0 unspecified atom stereocenters. The van der Waals surface area contributed by atoms with Crippen molar-refractivity contribution in [3.63, 3.8) is 0 Å². The molecule has 0 spiro atoms. The molecule has 0 radical (unpaired) electrons. The van der Waals surface area contributed by atoms with Crippen LogP contribution in [-0.4, -0.2) is 44.1 Å². The van der Waals surface area contributed by atoms with Crippen LogP contribution in [-0.2, 0) is 21.2 Å². The SMILES string of the molecule is CCc1ccc(S(=O)(=O)N2CCC(C(=O)c3ccc4c(c3)NC(=O)CO4)CC2)cc1. The van der Waals surface area contributed by atoms with Crippen LogP contribution in [0.3, 0.4) is 0 Å². The van der Waals surface area contributed by atoms with E-state index in [0.717, 1.165) is 12.0 Å². The zero-order valence-electron chi connectivity index (χ0n) is 16.8. The molecule has 0 bridgehead atoms. The Kier molecular flexibility index (Phi) is 5.62. The fraction of sp³-hybridized carbons (Fsp3) is 0.364. The van der Waals surface area contributed by atoms with Gasteiger partial charge in [-0.3, -0.25) is 9.59 Å². The summed E-state index contributed by atoms with van der Waals surface area (Å²) in [5, 5.41) is 2.71. The van der Waals surface area contributed by atoms with E-state index in [1.54, 1.807) is 30.3 Å². The van der Waals surface area contributed by atoms with Crippen molar-refractivity contribution in [2.75, 3.05) is 25.0 Å². The lowest BCUT2D eigenvalue weighted by atomic mass is 9.89. The Labute approximate surface area is 176 Å². The van der Waals surface area contributed by atoms with Crippen LogP contribution < -0.4 is 10.1 Å². The third-order valence-electron chi connectivity index (χ3n) is 5.69. The van der Waals surface area contributed by atoms with Gasteiger partial charge in [-0.15, -0.1) is 0 Å². The first kappa shape index (κ1) is 20.6. The summed E-state index contributed by atoms with van der Waals surface area (Å²) in [6.07, 6.45) is 1.78. The highest BCUT2D eigenvalue weighted by Crippen LogP contribution is 2.31. The molecule has 8 heteroatoms. The number of hydrogen-bond donors (Lipinski definition) is 1. The van der Waals surface area contributed by atoms with Gasteiger partial charge in [-0.25, -0.2) is 8.42 Å². The highest BCUT2D eigenvalue weighted by molar-refractivity contribution is 7.89. The quantitative estimate of drug-likeness (QED) is 0.740. The van der Waals surface area contributed by atoms with Crippen molar-refractivity contribution >= 4 is 27.4 Å². The van der Waals surface area contributed by atoms with Crippen molar-refractivity contribution in [1.82, 2.24) is 4.31 Å². The van der Waals surface area contributed by atoms with E-state index in [4.69, 9.17) is 4.74 Å². The molecule has 2 aromatic carbocycles. The standard InChI is InChI=1S/C22H24N2O5S/c1-2-15-3-6-18(7-4-15)30(27,28)24-11-9-16(10-12-24)22(26)17-5-8-20-19(13-17)23-21(25)14-29-20/h3-8,13,16H,2,9-12,14H2,1H3,(H,23,25). The average Bonchev–Trinajstić information content (AvgIpc) is 2.78. The number of carbonyl (C=O) groups is 2. The van der Waals surface area contributed by atoms with E-state index in [0.29, 0.717) is 42.9 Å². The van der Waals surface area contributed by atoms with Gasteiger partial charge in [0.05, 0.1) is 10.6 Å². The van der Waals surface area contributed by atoms with Crippen molar-refractivity contribution in [3.8, 4) is 5.75 Å². The molecule has 0 aliphatic carbocycles. The van der Waals surface area contributed by atoms with E-state index in [1.165, 1.54) is 4.31 Å². The number of benzene rings is 2. The first-order chi connectivity index (χ1) is 14.4. The highest BCUT2D eigenvalue weighted by atomic mass is 32.2. The fourth-order valence-electron chi connectivity index (χ4n) is 3.88. The predicted molar refractivity (Wildman–Crippen MR) is 112 cm³/mol. The minimum Gasteiger partial charge on any atom is -0.482 e. The van der Waals surface area contributed by atoms with Crippen LogP contribution in [0.25, 0.3) is 0 Å². The molecule has 4 rings (SSSR count). The molecule has 30 heavy (non-hydrogen) atoms. The number of nitrogens with zero attached hydrogens (tertiary/aromatic N) is 1. The van der Waals surface area contributed by atoms with Crippen molar-refractivity contribution < 1.29 is 22.7 Å². The van der Waals surface area contributed by atoms with Crippen LogP contribution in [0.1, 0.15) is 35.7 Å². The van der Waals surface area contributed by atoms with E-state index >= 15 is 0 Å². The highest BCUT2D eigenvalue weighted by Gasteiger charge is 2.32. The van der Waals surface area contributed by atoms with E-state index in [1.807, 2.05) is 19.1 Å². The fourth-order valence-corrected chi connectivity index (χ4v) is 5.35. The van der Waals surface area contributed by atoms with Gasteiger partial charge < -0.3 is 10.1 Å². The van der Waals surface area contributed by atoms with Gasteiger partial charge in [0, 0.05) is 24.6 Å². The number of hydrogen-bond acceptors (Lipinski definition) is 5. The van der Waals surface area contributed by atoms with Crippen LogP contribution in [0.4, 0.5) is 5.69 Å². The minimum atomic E-state index is -3.56. The Morgan fingerprint density at radius 1 is 1.13 bits per heavy atom. The number of aryl methyl sites for hydroxylation is 1. The van der Waals surface area contributed by atoms with Gasteiger partial charge in [0.2, 0.25) is 10.0 Å². The smallest absolute Gasteiger partial charge is 0.262 e. The van der Waals surface area contributed by atoms with Gasteiger partial charge in [0.1, 0.15) is 5.75 Å². The summed E-state index contributed by atoms with van der Waals surface area (Å²) < 4.78 is 32.6. The molecule has 1 fully saturated rings. The van der Waals surface area contributed by atoms with Gasteiger partial charge in [0.15, 0.2) is 12.4 Å². The lowest BCUT2D eigenvalue weighted by molar-refractivity contribution is -0.118. The topological polar surface area (TPSA) is 92.8 Å².